The molecule has 2 aliphatic rings. The van der Waals surface area contributed by atoms with E-state index in [9.17, 15) is 0 Å². The van der Waals surface area contributed by atoms with Crippen LogP contribution in [0.2, 0.25) is 0 Å². The van der Waals surface area contributed by atoms with Crippen LogP contribution in [0.1, 0.15) is 45.4 Å². The molecule has 51 heavy (non-hydrogen) atoms. The van der Waals surface area contributed by atoms with Crippen molar-refractivity contribution in [1.82, 2.24) is 39.9 Å². The maximum absolute atomic E-state index is 5.34. The summed E-state index contributed by atoms with van der Waals surface area (Å²) in [6.45, 7) is 3.11. The molecule has 0 saturated carbocycles. The van der Waals surface area contributed by atoms with Crippen molar-refractivity contribution in [2.75, 3.05) is 6.54 Å². The number of hydrogen-bond acceptors (Lipinski definition) is 7. The third-order valence-electron chi connectivity index (χ3n) is 9.09. The number of benzene rings is 4. The van der Waals surface area contributed by atoms with Crippen molar-refractivity contribution in [2.24, 2.45) is 5.73 Å². The van der Waals surface area contributed by atoms with Crippen LogP contribution in [-0.4, -0.2) is 46.4 Å². The van der Waals surface area contributed by atoms with Gasteiger partial charge in [-0.25, -0.2) is 29.9 Å². The Morgan fingerprint density at radius 2 is 0.902 bits per heavy atom. The molecule has 5 heterocycles. The summed E-state index contributed by atoms with van der Waals surface area (Å²) in [4.78, 5) is 37.0. The van der Waals surface area contributed by atoms with Gasteiger partial charge in [0.1, 0.15) is 22.6 Å². The molecule has 4 N–H and O–H groups in total. The minimum Gasteiger partial charge on any atom is -0.330 e. The molecule has 11 heteroatoms. The molecular weight excluding hydrogens is 799 g/mol. The number of H-pyrrole nitrogens is 2. The van der Waals surface area contributed by atoms with Gasteiger partial charge in [0.2, 0.25) is 0 Å². The van der Waals surface area contributed by atoms with Gasteiger partial charge in [-0.15, -0.1) is 0 Å². The summed E-state index contributed by atoms with van der Waals surface area (Å²) < 4.78 is 1.07. The van der Waals surface area contributed by atoms with Gasteiger partial charge in [-0.05, 0) is 41.6 Å². The van der Waals surface area contributed by atoms with Gasteiger partial charge in [-0.2, -0.15) is 0 Å². The molecule has 0 spiro atoms. The number of halogens is 1. The van der Waals surface area contributed by atoms with Gasteiger partial charge < -0.3 is 15.7 Å². The first-order valence-electron chi connectivity index (χ1n) is 17.2. The molecule has 9 rings (SSSR count). The van der Waals surface area contributed by atoms with E-state index < -0.39 is 0 Å². The zero-order valence-electron chi connectivity index (χ0n) is 28.5. The SMILES string of the molecule is CCCCCCCCN.Ic1cccc2c3nc4nc(nc5[nH]c(nc6nc(nc([nH]3)c12)-c1ccccc1-6)c1ccccc51)-c1ccccc1-4.[Zn]. The van der Waals surface area contributed by atoms with E-state index in [-0.39, 0.29) is 19.5 Å². The van der Waals surface area contributed by atoms with E-state index in [2.05, 4.69) is 51.6 Å². The van der Waals surface area contributed by atoms with E-state index in [1.807, 2.05) is 78.9 Å². The first-order chi connectivity index (χ1) is 24.6. The van der Waals surface area contributed by atoms with E-state index in [0.29, 0.717) is 45.9 Å². The Bertz CT molecular complexity index is 2530. The third-order valence-corrected chi connectivity index (χ3v) is 9.99. The van der Waals surface area contributed by atoms with Gasteiger partial charge in [0.25, 0.3) is 0 Å². The Hall–Kier alpha value is -4.45. The third kappa shape index (κ3) is 6.82. The standard InChI is InChI=1S/C32H17IN8.C8H19N.Zn/c33-23-15-7-14-22-24(23)32-40-30-21-13-6-5-12-20(21)28(38-30)36-26-17-9-2-1-8-16(17)25(34-26)35-27-18-10-3-4-11-19(18)29(37-27)39-31(22)41-32;1-2-3-4-5-6-7-8-9;/h1-15H,(H2,34,35,36,37,38,39,40,41);2-9H2,1H3;. The second-order valence-electron chi connectivity index (χ2n) is 12.5. The molecule has 0 fully saturated rings. The maximum Gasteiger partial charge on any atom is 0.164 e. The smallest absolute Gasteiger partial charge is 0.164 e. The van der Waals surface area contributed by atoms with Crippen LogP contribution in [0.4, 0.5) is 0 Å². The van der Waals surface area contributed by atoms with E-state index in [0.717, 1.165) is 53.9 Å². The Kier molecular flexibility index (Phi) is 10.6. The first-order valence-corrected chi connectivity index (χ1v) is 18.3. The van der Waals surface area contributed by atoms with Gasteiger partial charge in [0, 0.05) is 66.8 Å². The van der Waals surface area contributed by atoms with Crippen LogP contribution in [-0.2, 0) is 19.5 Å². The average Bonchev–Trinajstić information content (AvgIpc) is 3.88. The van der Waals surface area contributed by atoms with Gasteiger partial charge in [-0.1, -0.05) is 124 Å². The quantitative estimate of drug-likeness (QED) is 0.0863. The van der Waals surface area contributed by atoms with Crippen molar-refractivity contribution in [2.45, 2.75) is 45.4 Å². The van der Waals surface area contributed by atoms with E-state index >= 15 is 0 Å². The van der Waals surface area contributed by atoms with Crippen LogP contribution < -0.4 is 5.73 Å². The Morgan fingerprint density at radius 1 is 0.490 bits per heavy atom. The summed E-state index contributed by atoms with van der Waals surface area (Å²) in [5, 5.41) is 3.86. The molecule has 2 aliphatic heterocycles. The molecule has 8 bridgehead atoms. The number of nitrogens with one attached hydrogen (secondary N) is 2. The number of nitrogens with two attached hydrogens (primary N) is 1. The molecular formula is C40H36IN9Zn. The van der Waals surface area contributed by atoms with Crippen molar-refractivity contribution >= 4 is 66.7 Å². The molecule has 0 amide bonds. The number of rotatable bonds is 6. The maximum atomic E-state index is 5.34. The monoisotopic (exact) mass is 833 g/mol. The minimum absolute atomic E-state index is 0. The topological polar surface area (TPSA) is 135 Å². The summed E-state index contributed by atoms with van der Waals surface area (Å²) in [5.74, 6) is 2.39. The fourth-order valence-electron chi connectivity index (χ4n) is 6.57. The molecule has 0 radical (unpaired) electrons. The van der Waals surface area contributed by atoms with Crippen LogP contribution in [0.5, 0.6) is 0 Å². The van der Waals surface area contributed by atoms with Gasteiger partial charge in [0.05, 0.1) is 0 Å². The molecule has 3 aromatic heterocycles. The number of fused-ring (bicyclic) bond motifs is 20. The summed E-state index contributed by atoms with van der Waals surface area (Å²) in [6.07, 6.45) is 8.05. The molecule has 250 valence electrons. The van der Waals surface area contributed by atoms with E-state index in [1.54, 1.807) is 0 Å². The average molecular weight is 835 g/mol. The second-order valence-corrected chi connectivity index (χ2v) is 13.6. The molecule has 0 aliphatic carbocycles. The summed E-state index contributed by atoms with van der Waals surface area (Å²) >= 11 is 2.35. The molecule has 4 aromatic carbocycles. The normalized spacial score (nSPS) is 11.4. The van der Waals surface area contributed by atoms with Crippen molar-refractivity contribution in [3.63, 3.8) is 0 Å². The Labute approximate surface area is 321 Å². The van der Waals surface area contributed by atoms with Gasteiger partial charge >= 0.3 is 0 Å². The Balaban J connectivity index is 0.000000363. The van der Waals surface area contributed by atoms with Crippen molar-refractivity contribution < 1.29 is 19.5 Å². The fraction of sp³-hybridized carbons (Fsp3) is 0.200. The van der Waals surface area contributed by atoms with Crippen LogP contribution in [0.25, 0.3) is 89.7 Å². The van der Waals surface area contributed by atoms with Crippen molar-refractivity contribution in [1.29, 1.82) is 0 Å². The molecule has 0 saturated heterocycles. The predicted octanol–water partition coefficient (Wildman–Crippen LogP) is 9.78. The second kappa shape index (κ2) is 15.4. The largest absolute Gasteiger partial charge is 0.330 e. The van der Waals surface area contributed by atoms with Crippen LogP contribution >= 0.6 is 22.6 Å². The minimum atomic E-state index is 0. The van der Waals surface area contributed by atoms with Crippen LogP contribution in [0.3, 0.4) is 0 Å². The zero-order chi connectivity index (χ0) is 34.0. The molecule has 0 atom stereocenters. The number of hydrogen-bond donors (Lipinski definition) is 3. The van der Waals surface area contributed by atoms with E-state index in [4.69, 9.17) is 35.6 Å². The summed E-state index contributed by atoms with van der Waals surface area (Å²) in [5.41, 5.74) is 11.8. The van der Waals surface area contributed by atoms with Crippen LogP contribution in [0.15, 0.2) is 91.0 Å². The molecule has 0 unspecified atom stereocenters. The van der Waals surface area contributed by atoms with Crippen LogP contribution in [0, 0.1) is 3.57 Å². The fourth-order valence-corrected chi connectivity index (χ4v) is 7.33. The van der Waals surface area contributed by atoms with Crippen molar-refractivity contribution in [3.05, 3.63) is 94.6 Å². The number of aromatic nitrogens is 8. The first kappa shape index (κ1) is 35.0. The number of nitrogens with zero attached hydrogens (tertiary/aromatic N) is 6. The zero-order valence-corrected chi connectivity index (χ0v) is 33.6. The number of unbranched alkanes of at least 4 members (excludes halogenated alkanes) is 5. The van der Waals surface area contributed by atoms with Crippen molar-refractivity contribution in [3.8, 4) is 45.6 Å². The summed E-state index contributed by atoms with van der Waals surface area (Å²) in [7, 11) is 0. The number of aromatic amines is 2. The molecule has 9 nitrogen and oxygen atoms in total. The van der Waals surface area contributed by atoms with Gasteiger partial charge in [0.15, 0.2) is 23.3 Å². The predicted molar refractivity (Wildman–Crippen MR) is 211 cm³/mol. The summed E-state index contributed by atoms with van der Waals surface area (Å²) in [6, 6.07) is 30.4. The van der Waals surface area contributed by atoms with Gasteiger partial charge in [-0.3, -0.25) is 0 Å². The van der Waals surface area contributed by atoms with E-state index in [1.165, 1.54) is 38.5 Å². The molecule has 7 aromatic rings. The Morgan fingerprint density at radius 3 is 1.41 bits per heavy atom.